The van der Waals surface area contributed by atoms with Gasteiger partial charge in [-0.3, -0.25) is 24.6 Å². The molecule has 0 unspecified atom stereocenters. The molecule has 27 heavy (non-hydrogen) atoms. The lowest BCUT2D eigenvalue weighted by atomic mass is 10.1. The highest BCUT2D eigenvalue weighted by molar-refractivity contribution is 9.10. The van der Waals surface area contributed by atoms with Crippen molar-refractivity contribution in [2.45, 2.75) is 6.54 Å². The fraction of sp³-hybridized carbons (Fsp3) is 0.0588. The number of carbonyl (C=O) groups excluding carboxylic acids is 2. The monoisotopic (exact) mass is 512 g/mol. The molecule has 0 saturated carbocycles. The number of carbonyl (C=O) groups is 2. The molecule has 1 aliphatic heterocycles. The van der Waals surface area contributed by atoms with E-state index in [1.807, 2.05) is 12.1 Å². The van der Waals surface area contributed by atoms with Crippen LogP contribution < -0.4 is 0 Å². The normalized spacial score (nSPS) is 15.6. The lowest BCUT2D eigenvalue weighted by Crippen LogP contribution is -2.27. The molecule has 10 heteroatoms. The molecule has 0 aromatic heterocycles. The molecule has 2 aromatic rings. The number of aromatic hydroxyl groups is 1. The zero-order valence-electron chi connectivity index (χ0n) is 13.4. The first-order valence-corrected chi connectivity index (χ1v) is 9.84. The van der Waals surface area contributed by atoms with Crippen molar-refractivity contribution in [2.24, 2.45) is 0 Å². The lowest BCUT2D eigenvalue weighted by Gasteiger charge is -2.13. The average Bonchev–Trinajstić information content (AvgIpc) is 2.87. The van der Waals surface area contributed by atoms with Crippen LogP contribution in [-0.2, 0) is 11.3 Å². The van der Waals surface area contributed by atoms with Gasteiger partial charge in [0.15, 0.2) is 0 Å². The average molecular weight is 514 g/mol. The molecule has 2 amide bonds. The molecule has 0 bridgehead atoms. The summed E-state index contributed by atoms with van der Waals surface area (Å²) in [6.45, 7) is 0.0913. The van der Waals surface area contributed by atoms with E-state index in [2.05, 4.69) is 31.9 Å². The maximum absolute atomic E-state index is 12.6. The quantitative estimate of drug-likeness (QED) is 0.348. The van der Waals surface area contributed by atoms with E-state index in [0.29, 0.717) is 4.47 Å². The van der Waals surface area contributed by atoms with E-state index in [1.54, 1.807) is 12.1 Å². The van der Waals surface area contributed by atoms with Gasteiger partial charge in [0.2, 0.25) is 5.75 Å². The Morgan fingerprint density at radius 2 is 1.93 bits per heavy atom. The van der Waals surface area contributed by atoms with Crippen molar-refractivity contribution in [1.82, 2.24) is 4.90 Å². The first-order chi connectivity index (χ1) is 12.8. The van der Waals surface area contributed by atoms with Crippen molar-refractivity contribution in [1.29, 1.82) is 0 Å². The van der Waals surface area contributed by atoms with Gasteiger partial charge in [0.05, 0.1) is 16.4 Å². The number of imide groups is 1. The van der Waals surface area contributed by atoms with Crippen LogP contribution in [0.25, 0.3) is 6.08 Å². The Bertz CT molecular complexity index is 1010. The SMILES string of the molecule is O=C1S/C(=C\c2cc(Br)cc([N+](=O)[O-])c2O)C(=O)N1Cc1ccccc1Br. The maximum Gasteiger partial charge on any atom is 0.312 e. The summed E-state index contributed by atoms with van der Waals surface area (Å²) in [6.07, 6.45) is 1.28. The highest BCUT2D eigenvalue weighted by Crippen LogP contribution is 2.39. The number of phenols is 1. The molecule has 3 rings (SSSR count). The predicted octanol–water partition coefficient (Wildman–Crippen LogP) is 5.06. The van der Waals surface area contributed by atoms with Crippen LogP contribution in [0.5, 0.6) is 5.75 Å². The molecule has 1 N–H and O–H groups in total. The molecular weight excluding hydrogens is 504 g/mol. The largest absolute Gasteiger partial charge is 0.502 e. The van der Waals surface area contributed by atoms with E-state index in [4.69, 9.17) is 0 Å². The third-order valence-electron chi connectivity index (χ3n) is 3.73. The van der Waals surface area contributed by atoms with Gasteiger partial charge in [-0.15, -0.1) is 0 Å². The number of nitrogens with zero attached hydrogens (tertiary/aromatic N) is 2. The number of hydrogen-bond donors (Lipinski definition) is 1. The summed E-state index contributed by atoms with van der Waals surface area (Å²) in [5, 5.41) is 20.7. The number of thioether (sulfide) groups is 1. The molecule has 0 atom stereocenters. The number of halogens is 2. The van der Waals surface area contributed by atoms with Crippen molar-refractivity contribution < 1.29 is 19.6 Å². The van der Waals surface area contributed by atoms with Gasteiger partial charge in [0, 0.05) is 20.6 Å². The second kappa shape index (κ2) is 7.83. The molecule has 0 radical (unpaired) electrons. The first kappa shape index (κ1) is 19.6. The van der Waals surface area contributed by atoms with Crippen LogP contribution in [0.15, 0.2) is 50.2 Å². The number of amides is 2. The fourth-order valence-electron chi connectivity index (χ4n) is 2.43. The summed E-state index contributed by atoms with van der Waals surface area (Å²) in [4.78, 5) is 36.4. The van der Waals surface area contributed by atoms with E-state index in [9.17, 15) is 24.8 Å². The Hall–Kier alpha value is -2.17. The Labute approximate surface area is 174 Å². The number of rotatable bonds is 4. The van der Waals surface area contributed by atoms with Crippen LogP contribution >= 0.6 is 43.6 Å². The zero-order valence-corrected chi connectivity index (χ0v) is 17.4. The number of phenolic OH excluding ortho intramolecular Hbond substituents is 1. The first-order valence-electron chi connectivity index (χ1n) is 7.43. The van der Waals surface area contributed by atoms with Crippen molar-refractivity contribution in [3.8, 4) is 5.75 Å². The molecule has 1 saturated heterocycles. The van der Waals surface area contributed by atoms with E-state index < -0.39 is 27.5 Å². The predicted molar refractivity (Wildman–Crippen MR) is 108 cm³/mol. The van der Waals surface area contributed by atoms with Gasteiger partial charge < -0.3 is 5.11 Å². The standard InChI is InChI=1S/C17H10Br2N2O5S/c18-11-5-10(15(22)13(7-11)21(25)26)6-14-16(23)20(17(24)27-14)8-9-3-1-2-4-12(9)19/h1-7,22H,8H2/b14-6-. The summed E-state index contributed by atoms with van der Waals surface area (Å²) in [7, 11) is 0. The third-order valence-corrected chi connectivity index (χ3v) is 5.87. The molecule has 2 aromatic carbocycles. The van der Waals surface area contributed by atoms with Crippen LogP contribution in [0.3, 0.4) is 0 Å². The Morgan fingerprint density at radius 1 is 1.22 bits per heavy atom. The molecule has 1 fully saturated rings. The smallest absolute Gasteiger partial charge is 0.312 e. The van der Waals surface area contributed by atoms with Gasteiger partial charge in [-0.05, 0) is 35.5 Å². The topological polar surface area (TPSA) is 101 Å². The van der Waals surface area contributed by atoms with Gasteiger partial charge >= 0.3 is 5.69 Å². The molecule has 138 valence electrons. The van der Waals surface area contributed by atoms with E-state index in [0.717, 1.165) is 32.8 Å². The lowest BCUT2D eigenvalue weighted by molar-refractivity contribution is -0.385. The summed E-state index contributed by atoms with van der Waals surface area (Å²) >= 11 is 7.23. The van der Waals surface area contributed by atoms with E-state index in [1.165, 1.54) is 12.1 Å². The highest BCUT2D eigenvalue weighted by Gasteiger charge is 2.35. The van der Waals surface area contributed by atoms with Gasteiger partial charge in [-0.25, -0.2) is 0 Å². The van der Waals surface area contributed by atoms with Gasteiger partial charge in [-0.1, -0.05) is 50.1 Å². The van der Waals surface area contributed by atoms with E-state index >= 15 is 0 Å². The summed E-state index contributed by atoms with van der Waals surface area (Å²) in [6, 6.07) is 9.82. The van der Waals surface area contributed by atoms with Crippen molar-refractivity contribution in [3.63, 3.8) is 0 Å². The minimum atomic E-state index is -0.726. The molecule has 1 aliphatic rings. The van der Waals surface area contributed by atoms with Crippen LogP contribution in [0.1, 0.15) is 11.1 Å². The molecule has 0 spiro atoms. The van der Waals surface area contributed by atoms with Gasteiger partial charge in [0.25, 0.3) is 11.1 Å². The van der Waals surface area contributed by atoms with Gasteiger partial charge in [0.1, 0.15) is 0 Å². The van der Waals surface area contributed by atoms with E-state index in [-0.39, 0.29) is 17.0 Å². The number of benzene rings is 2. The second-order valence-corrected chi connectivity index (χ2v) is 8.24. The Morgan fingerprint density at radius 3 is 2.59 bits per heavy atom. The van der Waals surface area contributed by atoms with Crippen LogP contribution in [0.2, 0.25) is 0 Å². The number of hydrogen-bond acceptors (Lipinski definition) is 6. The van der Waals surface area contributed by atoms with Crippen molar-refractivity contribution >= 4 is 66.5 Å². The van der Waals surface area contributed by atoms with Gasteiger partial charge in [-0.2, -0.15) is 0 Å². The maximum atomic E-state index is 12.6. The fourth-order valence-corrected chi connectivity index (χ4v) is 4.13. The molecular formula is C17H10Br2N2O5S. The van der Waals surface area contributed by atoms with Crippen molar-refractivity contribution in [3.05, 3.63) is 71.5 Å². The second-order valence-electron chi connectivity index (χ2n) is 5.48. The molecule has 7 nitrogen and oxygen atoms in total. The van der Waals surface area contributed by atoms with Crippen LogP contribution in [-0.4, -0.2) is 26.1 Å². The minimum absolute atomic E-state index is 0.0717. The Kier molecular flexibility index (Phi) is 5.68. The number of nitro benzene ring substituents is 1. The molecule has 0 aliphatic carbocycles. The van der Waals surface area contributed by atoms with Crippen LogP contribution in [0, 0.1) is 10.1 Å². The Balaban J connectivity index is 1.93. The summed E-state index contributed by atoms with van der Waals surface area (Å²) in [5.74, 6) is -1.09. The van der Waals surface area contributed by atoms with Crippen molar-refractivity contribution in [2.75, 3.05) is 0 Å². The van der Waals surface area contributed by atoms with Crippen LogP contribution in [0.4, 0.5) is 10.5 Å². The third kappa shape index (κ3) is 4.07. The minimum Gasteiger partial charge on any atom is -0.502 e. The molecule has 1 heterocycles. The highest BCUT2D eigenvalue weighted by atomic mass is 79.9. The zero-order chi connectivity index (χ0) is 19.7. The summed E-state index contributed by atoms with van der Waals surface area (Å²) in [5.41, 5.74) is 0.340. The summed E-state index contributed by atoms with van der Waals surface area (Å²) < 4.78 is 1.14. The number of nitro groups is 1.